The highest BCUT2D eigenvalue weighted by Gasteiger charge is 2.31. The van der Waals surface area contributed by atoms with Gasteiger partial charge < -0.3 is 14.8 Å². The van der Waals surface area contributed by atoms with Gasteiger partial charge in [-0.1, -0.05) is 17.8 Å². The molecule has 3 heterocycles. The second-order valence-corrected chi connectivity index (χ2v) is 8.07. The Kier molecular flexibility index (Phi) is 6.10. The molecular weight excluding hydrogens is 364 g/mol. The second kappa shape index (κ2) is 8.51. The predicted octanol–water partition coefficient (Wildman–Crippen LogP) is 1.88. The zero-order valence-electron chi connectivity index (χ0n) is 15.8. The number of pyridine rings is 1. The molecule has 0 saturated carbocycles. The largest absolute Gasteiger partial charge is 0.341 e. The van der Waals surface area contributed by atoms with E-state index in [1.54, 1.807) is 21.9 Å². The summed E-state index contributed by atoms with van der Waals surface area (Å²) in [6.07, 6.45) is 3.19. The quantitative estimate of drug-likeness (QED) is 0.786. The van der Waals surface area contributed by atoms with Crippen LogP contribution in [-0.4, -0.2) is 54.8 Å². The molecule has 2 amide bonds. The van der Waals surface area contributed by atoms with Crippen LogP contribution in [0.3, 0.4) is 0 Å². The number of likely N-dealkylation sites (tertiary alicyclic amines) is 1. The van der Waals surface area contributed by atoms with E-state index in [-0.39, 0.29) is 23.0 Å². The van der Waals surface area contributed by atoms with Crippen molar-refractivity contribution in [2.75, 3.05) is 18.4 Å². The minimum atomic E-state index is -0.284. The highest BCUT2D eigenvalue weighted by Crippen LogP contribution is 2.25. The number of carbonyl (C=O) groups excluding carboxylic acids is 2. The fourth-order valence-electron chi connectivity index (χ4n) is 3.08. The maximum absolute atomic E-state index is 12.8. The number of anilines is 1. The summed E-state index contributed by atoms with van der Waals surface area (Å²) in [4.78, 5) is 31.5. The van der Waals surface area contributed by atoms with E-state index in [4.69, 9.17) is 0 Å². The van der Waals surface area contributed by atoms with Crippen LogP contribution in [0.1, 0.15) is 25.5 Å². The van der Waals surface area contributed by atoms with Crippen LogP contribution in [0.5, 0.6) is 0 Å². The van der Waals surface area contributed by atoms with Crippen LogP contribution in [0.25, 0.3) is 0 Å². The van der Waals surface area contributed by atoms with Crippen molar-refractivity contribution in [3.05, 3.63) is 30.2 Å². The zero-order chi connectivity index (χ0) is 19.4. The number of hydrogen-bond acceptors (Lipinski definition) is 6. The van der Waals surface area contributed by atoms with E-state index < -0.39 is 0 Å². The van der Waals surface area contributed by atoms with Gasteiger partial charge in [-0.25, -0.2) is 4.98 Å². The fraction of sp³-hybridized carbons (Fsp3) is 0.500. The minimum Gasteiger partial charge on any atom is -0.341 e. The standard InChI is InChI=1S/C18H24N6O2S/c1-12-6-4-8-15(20-12)21-16(25)14-7-5-9-24(10-14)17(26)13(2)27-18-22-19-11-23(18)3/h4,6,8,11,13-14H,5,7,9-10H2,1-3H3,(H,20,21,25). The third-order valence-electron chi connectivity index (χ3n) is 4.54. The van der Waals surface area contributed by atoms with E-state index in [1.807, 2.05) is 33.0 Å². The average molecular weight is 388 g/mol. The maximum Gasteiger partial charge on any atom is 0.235 e. The zero-order valence-corrected chi connectivity index (χ0v) is 16.6. The van der Waals surface area contributed by atoms with Crippen molar-refractivity contribution in [2.45, 2.75) is 37.1 Å². The van der Waals surface area contributed by atoms with Crippen LogP contribution in [0.15, 0.2) is 29.7 Å². The van der Waals surface area contributed by atoms with E-state index in [0.717, 1.165) is 18.5 Å². The Bertz CT molecular complexity index is 824. The molecule has 1 aliphatic rings. The van der Waals surface area contributed by atoms with E-state index >= 15 is 0 Å². The molecule has 0 aromatic carbocycles. The fourth-order valence-corrected chi connectivity index (χ4v) is 3.95. The molecule has 1 saturated heterocycles. The average Bonchev–Trinajstić information content (AvgIpc) is 3.05. The molecule has 0 spiro atoms. The molecule has 0 aliphatic carbocycles. The Hall–Kier alpha value is -2.42. The molecule has 27 heavy (non-hydrogen) atoms. The Morgan fingerprint density at radius 1 is 1.37 bits per heavy atom. The van der Waals surface area contributed by atoms with Gasteiger partial charge in [0, 0.05) is 25.8 Å². The lowest BCUT2D eigenvalue weighted by molar-refractivity contribution is -0.133. The number of carbonyl (C=O) groups is 2. The van der Waals surface area contributed by atoms with Gasteiger partial charge in [-0.3, -0.25) is 9.59 Å². The lowest BCUT2D eigenvalue weighted by Gasteiger charge is -2.33. The van der Waals surface area contributed by atoms with Crippen LogP contribution in [0.2, 0.25) is 0 Å². The summed E-state index contributed by atoms with van der Waals surface area (Å²) < 4.78 is 1.79. The lowest BCUT2D eigenvalue weighted by atomic mass is 9.97. The van der Waals surface area contributed by atoms with Gasteiger partial charge in [0.05, 0.1) is 11.2 Å². The molecule has 3 rings (SSSR count). The molecule has 1 aliphatic heterocycles. The van der Waals surface area contributed by atoms with Crippen LogP contribution in [0, 0.1) is 12.8 Å². The van der Waals surface area contributed by atoms with Crippen LogP contribution in [0.4, 0.5) is 5.82 Å². The second-order valence-electron chi connectivity index (χ2n) is 6.76. The molecule has 2 unspecified atom stereocenters. The molecule has 1 fully saturated rings. The first-order valence-corrected chi connectivity index (χ1v) is 9.86. The monoisotopic (exact) mass is 388 g/mol. The van der Waals surface area contributed by atoms with Crippen molar-refractivity contribution < 1.29 is 9.59 Å². The molecule has 0 radical (unpaired) electrons. The molecule has 144 valence electrons. The van der Waals surface area contributed by atoms with Gasteiger partial charge >= 0.3 is 0 Å². The van der Waals surface area contributed by atoms with Crippen LogP contribution in [-0.2, 0) is 16.6 Å². The molecule has 9 heteroatoms. The van der Waals surface area contributed by atoms with Gasteiger partial charge in [0.2, 0.25) is 11.8 Å². The van der Waals surface area contributed by atoms with Crippen molar-refractivity contribution in [2.24, 2.45) is 13.0 Å². The van der Waals surface area contributed by atoms with Gasteiger partial charge in [-0.05, 0) is 38.8 Å². The molecule has 0 bridgehead atoms. The van der Waals surface area contributed by atoms with Gasteiger partial charge in [0.15, 0.2) is 5.16 Å². The Morgan fingerprint density at radius 3 is 2.89 bits per heavy atom. The summed E-state index contributed by atoms with van der Waals surface area (Å²) in [5.74, 6) is 0.264. The number of thioether (sulfide) groups is 1. The third-order valence-corrected chi connectivity index (χ3v) is 5.68. The Labute approximate surface area is 162 Å². The van der Waals surface area contributed by atoms with E-state index in [1.165, 1.54) is 11.8 Å². The summed E-state index contributed by atoms with van der Waals surface area (Å²) >= 11 is 1.38. The van der Waals surface area contributed by atoms with Crippen molar-refractivity contribution in [3.8, 4) is 0 Å². The SMILES string of the molecule is Cc1cccc(NC(=O)C2CCCN(C(=O)C(C)Sc3nncn3C)C2)n1. The predicted molar refractivity (Wildman–Crippen MR) is 103 cm³/mol. The van der Waals surface area contributed by atoms with Crippen molar-refractivity contribution in [3.63, 3.8) is 0 Å². The van der Waals surface area contributed by atoms with Crippen molar-refractivity contribution >= 4 is 29.4 Å². The molecule has 2 atom stereocenters. The van der Waals surface area contributed by atoms with Crippen LogP contribution < -0.4 is 5.32 Å². The number of amides is 2. The maximum atomic E-state index is 12.8. The summed E-state index contributed by atoms with van der Waals surface area (Å²) in [5, 5.41) is 11.1. The van der Waals surface area contributed by atoms with E-state index in [2.05, 4.69) is 20.5 Å². The van der Waals surface area contributed by atoms with Gasteiger partial charge in [-0.15, -0.1) is 10.2 Å². The molecule has 8 nitrogen and oxygen atoms in total. The Morgan fingerprint density at radius 2 is 2.19 bits per heavy atom. The molecular formula is C18H24N6O2S. The first kappa shape index (κ1) is 19.3. The van der Waals surface area contributed by atoms with E-state index in [0.29, 0.717) is 24.1 Å². The summed E-state index contributed by atoms with van der Waals surface area (Å²) in [6.45, 7) is 4.85. The summed E-state index contributed by atoms with van der Waals surface area (Å²) in [7, 11) is 1.85. The number of aromatic nitrogens is 4. The van der Waals surface area contributed by atoms with Crippen LogP contribution >= 0.6 is 11.8 Å². The van der Waals surface area contributed by atoms with Gasteiger partial charge in [0.1, 0.15) is 12.1 Å². The summed E-state index contributed by atoms with van der Waals surface area (Å²) in [5.41, 5.74) is 0.850. The molecule has 2 aromatic heterocycles. The number of piperidine rings is 1. The number of nitrogens with zero attached hydrogens (tertiary/aromatic N) is 5. The first-order chi connectivity index (χ1) is 12.9. The number of hydrogen-bond donors (Lipinski definition) is 1. The van der Waals surface area contributed by atoms with Crippen molar-refractivity contribution in [1.29, 1.82) is 0 Å². The molecule has 1 N–H and O–H groups in total. The highest BCUT2D eigenvalue weighted by molar-refractivity contribution is 8.00. The number of rotatable bonds is 5. The van der Waals surface area contributed by atoms with Gasteiger partial charge in [-0.2, -0.15) is 0 Å². The Balaban J connectivity index is 1.58. The molecule has 2 aromatic rings. The van der Waals surface area contributed by atoms with Gasteiger partial charge in [0.25, 0.3) is 0 Å². The topological polar surface area (TPSA) is 93.0 Å². The van der Waals surface area contributed by atoms with Crippen molar-refractivity contribution in [1.82, 2.24) is 24.6 Å². The van der Waals surface area contributed by atoms with E-state index in [9.17, 15) is 9.59 Å². The minimum absolute atomic E-state index is 0.0224. The number of aryl methyl sites for hydroxylation is 2. The third kappa shape index (κ3) is 4.85. The first-order valence-electron chi connectivity index (χ1n) is 8.98. The number of nitrogens with one attached hydrogen (secondary N) is 1. The lowest BCUT2D eigenvalue weighted by Crippen LogP contribution is -2.46. The smallest absolute Gasteiger partial charge is 0.235 e. The normalized spacial score (nSPS) is 18.2. The summed E-state index contributed by atoms with van der Waals surface area (Å²) in [6, 6.07) is 5.52. The highest BCUT2D eigenvalue weighted by atomic mass is 32.2.